The van der Waals surface area contributed by atoms with Crippen molar-refractivity contribution in [2.75, 3.05) is 6.61 Å². The molecular weight excluding hydrogens is 320 g/mol. The van der Waals surface area contributed by atoms with Gasteiger partial charge in [0.15, 0.2) is 0 Å². The predicted octanol–water partition coefficient (Wildman–Crippen LogP) is 6.30. The third-order valence-corrected chi connectivity index (χ3v) is 4.87. The van der Waals surface area contributed by atoms with Crippen LogP contribution in [0.3, 0.4) is 0 Å². The van der Waals surface area contributed by atoms with Gasteiger partial charge in [-0.1, -0.05) is 57.2 Å². The molecule has 0 bridgehead atoms. The Kier molecular flexibility index (Phi) is 7.44. The molecule has 0 aromatic heterocycles. The fraction of sp³-hybridized carbons (Fsp3) is 0.458. The normalized spacial score (nSPS) is 12.3. The van der Waals surface area contributed by atoms with E-state index < -0.39 is 0 Å². The number of allylic oxidation sites excluding steroid dienone is 1. The lowest BCUT2D eigenvalue weighted by Crippen LogP contribution is -2.08. The zero-order valence-electron chi connectivity index (χ0n) is 16.7. The molecule has 0 radical (unpaired) electrons. The Balaban J connectivity index is 2.13. The Hall–Kier alpha value is -2.09. The highest BCUT2D eigenvalue weighted by molar-refractivity contribution is 5.74. The Labute approximate surface area is 158 Å². The van der Waals surface area contributed by atoms with Gasteiger partial charge in [0.2, 0.25) is 0 Å². The van der Waals surface area contributed by atoms with Crippen molar-refractivity contribution in [3.05, 3.63) is 59.7 Å². The molecule has 140 valence electrons. The Bertz CT molecular complexity index is 714. The van der Waals surface area contributed by atoms with Crippen molar-refractivity contribution in [1.29, 1.82) is 0 Å². The number of hydrogen-bond donors (Lipinski definition) is 0. The van der Waals surface area contributed by atoms with Gasteiger partial charge in [-0.25, -0.2) is 0 Å². The summed E-state index contributed by atoms with van der Waals surface area (Å²) in [4.78, 5) is 11.7. The van der Waals surface area contributed by atoms with Crippen molar-refractivity contribution in [2.45, 2.75) is 59.3 Å². The van der Waals surface area contributed by atoms with Crippen molar-refractivity contribution in [1.82, 2.24) is 0 Å². The standard InChI is InChI=1S/C24H32O2/c1-6-7-8-24(25)26-14-13-19(5)21-12-10-20(15-17(2)3)16-23-18(4)9-11-22(21)23/h6,9-12,16-17,19H,1,7-8,13-15H2,2-5H3. The first-order valence-electron chi connectivity index (χ1n) is 9.71. The number of carbonyl (C=O) groups excluding carboxylic acids is 1. The number of aryl methyl sites for hydroxylation is 1. The molecule has 0 saturated heterocycles. The summed E-state index contributed by atoms with van der Waals surface area (Å²) in [6.45, 7) is 13.0. The van der Waals surface area contributed by atoms with E-state index in [1.54, 1.807) is 6.08 Å². The van der Waals surface area contributed by atoms with Crippen molar-refractivity contribution >= 4 is 5.97 Å². The molecule has 0 aromatic rings. The summed E-state index contributed by atoms with van der Waals surface area (Å²) < 4.78 is 5.37. The van der Waals surface area contributed by atoms with Crippen molar-refractivity contribution in [2.24, 2.45) is 5.92 Å². The molecule has 2 heteroatoms. The van der Waals surface area contributed by atoms with Crippen LogP contribution in [0.2, 0.25) is 0 Å². The zero-order valence-corrected chi connectivity index (χ0v) is 16.7. The Morgan fingerprint density at radius 1 is 1.15 bits per heavy atom. The van der Waals surface area contributed by atoms with Crippen LogP contribution >= 0.6 is 0 Å². The van der Waals surface area contributed by atoms with Gasteiger partial charge in [0.05, 0.1) is 6.61 Å². The first-order valence-corrected chi connectivity index (χ1v) is 9.71. The first-order chi connectivity index (χ1) is 12.4. The molecule has 2 rings (SSSR count). The second-order valence-electron chi connectivity index (χ2n) is 7.69. The molecule has 0 N–H and O–H groups in total. The van der Waals surface area contributed by atoms with Gasteiger partial charge >= 0.3 is 5.97 Å². The van der Waals surface area contributed by atoms with Crippen LogP contribution in [0.15, 0.2) is 43.0 Å². The van der Waals surface area contributed by atoms with Crippen LogP contribution in [0, 0.1) is 12.8 Å². The van der Waals surface area contributed by atoms with E-state index in [1.807, 2.05) is 0 Å². The van der Waals surface area contributed by atoms with Crippen LogP contribution in [-0.4, -0.2) is 12.6 Å². The highest BCUT2D eigenvalue weighted by Crippen LogP contribution is 2.36. The Morgan fingerprint density at radius 2 is 1.92 bits per heavy atom. The first kappa shape index (κ1) is 20.2. The molecule has 1 atom stereocenters. The molecule has 2 aliphatic carbocycles. The van der Waals surface area contributed by atoms with Crippen molar-refractivity contribution < 1.29 is 9.53 Å². The van der Waals surface area contributed by atoms with Gasteiger partial charge in [0.25, 0.3) is 0 Å². The molecule has 2 aliphatic rings. The maximum atomic E-state index is 11.7. The molecular formula is C24H32O2. The SMILES string of the molecule is C=CCCC(=O)OCCC(C)c1ccc(CC(C)C)cc2c(C)ccc1-2. The predicted molar refractivity (Wildman–Crippen MR) is 110 cm³/mol. The van der Waals surface area contributed by atoms with Gasteiger partial charge in [-0.05, 0) is 65.8 Å². The molecule has 1 unspecified atom stereocenters. The summed E-state index contributed by atoms with van der Waals surface area (Å²) >= 11 is 0. The number of hydrogen-bond acceptors (Lipinski definition) is 2. The van der Waals surface area contributed by atoms with E-state index in [0.717, 1.165) is 12.8 Å². The van der Waals surface area contributed by atoms with E-state index in [2.05, 4.69) is 64.6 Å². The van der Waals surface area contributed by atoms with Crippen LogP contribution < -0.4 is 0 Å². The summed E-state index contributed by atoms with van der Waals surface area (Å²) in [5, 5.41) is 0. The smallest absolute Gasteiger partial charge is 0.306 e. The molecule has 2 nitrogen and oxygen atoms in total. The summed E-state index contributed by atoms with van der Waals surface area (Å²) in [5.41, 5.74) is 6.71. The van der Waals surface area contributed by atoms with Gasteiger partial charge < -0.3 is 4.74 Å². The van der Waals surface area contributed by atoms with E-state index in [-0.39, 0.29) is 5.97 Å². The maximum Gasteiger partial charge on any atom is 0.306 e. The van der Waals surface area contributed by atoms with Crippen LogP contribution in [-0.2, 0) is 16.0 Å². The largest absolute Gasteiger partial charge is 0.466 e. The quantitative estimate of drug-likeness (QED) is 0.391. The lowest BCUT2D eigenvalue weighted by Gasteiger charge is -2.14. The zero-order chi connectivity index (χ0) is 19.1. The highest BCUT2D eigenvalue weighted by atomic mass is 16.5. The number of ether oxygens (including phenoxy) is 1. The molecule has 0 spiro atoms. The summed E-state index contributed by atoms with van der Waals surface area (Å²) in [5.74, 6) is 0.841. The van der Waals surface area contributed by atoms with E-state index in [1.165, 1.54) is 27.8 Å². The number of rotatable bonds is 9. The average Bonchev–Trinajstić information content (AvgIpc) is 2.83. The van der Waals surface area contributed by atoms with Crippen molar-refractivity contribution in [3.8, 4) is 11.1 Å². The molecule has 0 fully saturated rings. The number of esters is 1. The lowest BCUT2D eigenvalue weighted by atomic mass is 9.93. The number of carbonyl (C=O) groups is 1. The van der Waals surface area contributed by atoms with E-state index in [9.17, 15) is 4.79 Å². The van der Waals surface area contributed by atoms with Gasteiger partial charge in [-0.2, -0.15) is 0 Å². The third kappa shape index (κ3) is 5.45. The minimum atomic E-state index is -0.135. The highest BCUT2D eigenvalue weighted by Gasteiger charge is 2.16. The monoisotopic (exact) mass is 352 g/mol. The lowest BCUT2D eigenvalue weighted by molar-refractivity contribution is -0.143. The van der Waals surface area contributed by atoms with Gasteiger partial charge in [0.1, 0.15) is 0 Å². The Morgan fingerprint density at radius 3 is 2.62 bits per heavy atom. The fourth-order valence-corrected chi connectivity index (χ4v) is 3.39. The van der Waals surface area contributed by atoms with Crippen molar-refractivity contribution in [3.63, 3.8) is 0 Å². The molecule has 0 amide bonds. The van der Waals surface area contributed by atoms with E-state index in [0.29, 0.717) is 31.3 Å². The summed E-state index contributed by atoms with van der Waals surface area (Å²) in [7, 11) is 0. The van der Waals surface area contributed by atoms with Gasteiger partial charge in [0, 0.05) is 6.42 Å². The topological polar surface area (TPSA) is 26.3 Å². The third-order valence-electron chi connectivity index (χ3n) is 4.87. The average molecular weight is 353 g/mol. The van der Waals surface area contributed by atoms with Crippen LogP contribution in [0.1, 0.15) is 62.6 Å². The molecule has 0 aromatic carbocycles. The van der Waals surface area contributed by atoms with E-state index >= 15 is 0 Å². The minimum Gasteiger partial charge on any atom is -0.466 e. The molecule has 0 saturated carbocycles. The second-order valence-corrected chi connectivity index (χ2v) is 7.69. The minimum absolute atomic E-state index is 0.135. The number of fused-ring (bicyclic) bond motifs is 1. The van der Waals surface area contributed by atoms with Gasteiger partial charge in [-0.3, -0.25) is 4.79 Å². The van der Waals surface area contributed by atoms with Crippen LogP contribution in [0.25, 0.3) is 11.1 Å². The van der Waals surface area contributed by atoms with Crippen LogP contribution in [0.4, 0.5) is 0 Å². The van der Waals surface area contributed by atoms with Gasteiger partial charge in [-0.15, -0.1) is 6.58 Å². The van der Waals surface area contributed by atoms with Crippen LogP contribution in [0.5, 0.6) is 0 Å². The molecule has 0 aliphatic heterocycles. The summed E-state index contributed by atoms with van der Waals surface area (Å²) in [6.07, 6.45) is 4.76. The summed E-state index contributed by atoms with van der Waals surface area (Å²) in [6, 6.07) is 11.3. The maximum absolute atomic E-state index is 11.7. The van der Waals surface area contributed by atoms with E-state index in [4.69, 9.17) is 4.74 Å². The fourth-order valence-electron chi connectivity index (χ4n) is 3.39. The molecule has 0 heterocycles. The second kappa shape index (κ2) is 9.56. The molecule has 26 heavy (non-hydrogen) atoms.